The second-order valence-electron chi connectivity index (χ2n) is 6.46. The first-order chi connectivity index (χ1) is 13.3. The van der Waals surface area contributed by atoms with Gasteiger partial charge in [0.2, 0.25) is 0 Å². The van der Waals surface area contributed by atoms with Crippen LogP contribution in [0.2, 0.25) is 5.02 Å². The van der Waals surface area contributed by atoms with Crippen LogP contribution in [0, 0.1) is 6.92 Å². The Labute approximate surface area is 169 Å². The van der Waals surface area contributed by atoms with Gasteiger partial charge in [0.1, 0.15) is 0 Å². The number of hydrogen-bond acceptors (Lipinski definition) is 4. The van der Waals surface area contributed by atoms with Crippen molar-refractivity contribution >= 4 is 27.3 Å². The van der Waals surface area contributed by atoms with Gasteiger partial charge in [-0.15, -0.1) is 0 Å². The van der Waals surface area contributed by atoms with Crippen LogP contribution in [0.3, 0.4) is 0 Å². The van der Waals surface area contributed by atoms with Crippen LogP contribution >= 0.6 is 11.6 Å². The Balaban J connectivity index is 1.77. The van der Waals surface area contributed by atoms with Crippen molar-refractivity contribution < 1.29 is 13.2 Å². The van der Waals surface area contributed by atoms with Crippen molar-refractivity contribution in [2.75, 3.05) is 0 Å². The zero-order valence-electron chi connectivity index (χ0n) is 15.2. The van der Waals surface area contributed by atoms with Gasteiger partial charge in [-0.1, -0.05) is 35.4 Å². The second-order valence-corrected chi connectivity index (χ2v) is 8.89. The molecule has 5 nitrogen and oxygen atoms in total. The number of pyridine rings is 1. The largest absolute Gasteiger partial charge is 0.348 e. The zero-order valence-corrected chi connectivity index (χ0v) is 16.8. The van der Waals surface area contributed by atoms with Gasteiger partial charge in [0.05, 0.1) is 10.6 Å². The summed E-state index contributed by atoms with van der Waals surface area (Å²) >= 11 is 6.12. The molecule has 0 radical (unpaired) electrons. The van der Waals surface area contributed by atoms with Gasteiger partial charge in [-0.3, -0.25) is 9.78 Å². The molecule has 0 fully saturated rings. The molecule has 7 heteroatoms. The van der Waals surface area contributed by atoms with E-state index in [1.807, 2.05) is 13.0 Å². The normalized spacial score (nSPS) is 11.2. The van der Waals surface area contributed by atoms with Crippen LogP contribution in [0.5, 0.6) is 0 Å². The number of aromatic nitrogens is 1. The number of sulfone groups is 1. The minimum Gasteiger partial charge on any atom is -0.348 e. The van der Waals surface area contributed by atoms with Crippen molar-refractivity contribution in [2.45, 2.75) is 24.1 Å². The van der Waals surface area contributed by atoms with Crippen LogP contribution < -0.4 is 5.32 Å². The lowest BCUT2D eigenvalue weighted by Crippen LogP contribution is -2.23. The summed E-state index contributed by atoms with van der Waals surface area (Å²) in [5, 5.41) is 3.09. The van der Waals surface area contributed by atoms with Gasteiger partial charge in [0.25, 0.3) is 5.91 Å². The Morgan fingerprint density at radius 3 is 2.50 bits per heavy atom. The van der Waals surface area contributed by atoms with Gasteiger partial charge in [0.15, 0.2) is 9.84 Å². The van der Waals surface area contributed by atoms with E-state index in [9.17, 15) is 13.2 Å². The lowest BCUT2D eigenvalue weighted by Gasteiger charge is -2.09. The summed E-state index contributed by atoms with van der Waals surface area (Å²) in [5.74, 6) is -0.570. The smallest absolute Gasteiger partial charge is 0.251 e. The highest BCUT2D eigenvalue weighted by atomic mass is 35.5. The van der Waals surface area contributed by atoms with E-state index in [4.69, 9.17) is 11.6 Å². The third-order valence-corrected chi connectivity index (χ3v) is 6.05. The van der Waals surface area contributed by atoms with Crippen molar-refractivity contribution in [1.82, 2.24) is 10.3 Å². The number of halogens is 1. The van der Waals surface area contributed by atoms with Gasteiger partial charge in [0, 0.05) is 29.5 Å². The van der Waals surface area contributed by atoms with Gasteiger partial charge < -0.3 is 5.32 Å². The average molecular weight is 415 g/mol. The van der Waals surface area contributed by atoms with E-state index >= 15 is 0 Å². The molecule has 0 aliphatic carbocycles. The van der Waals surface area contributed by atoms with Crippen LogP contribution in [0.4, 0.5) is 0 Å². The fourth-order valence-corrected chi connectivity index (χ4v) is 4.28. The quantitative estimate of drug-likeness (QED) is 0.662. The van der Waals surface area contributed by atoms with Crippen LogP contribution in [0.1, 0.15) is 27.0 Å². The summed E-state index contributed by atoms with van der Waals surface area (Å²) in [7, 11) is -3.54. The third-order valence-electron chi connectivity index (χ3n) is 4.13. The van der Waals surface area contributed by atoms with Crippen LogP contribution in [0.15, 0.2) is 71.9 Å². The number of benzene rings is 2. The molecule has 3 aromatic rings. The molecule has 0 unspecified atom stereocenters. The molecule has 0 spiro atoms. The summed E-state index contributed by atoms with van der Waals surface area (Å²) in [6.45, 7) is 2.21. The molecule has 28 heavy (non-hydrogen) atoms. The molecule has 1 heterocycles. The van der Waals surface area contributed by atoms with E-state index < -0.39 is 9.84 Å². The fourth-order valence-electron chi connectivity index (χ4n) is 2.70. The first-order valence-electron chi connectivity index (χ1n) is 8.59. The number of carbonyl (C=O) groups excluding carboxylic acids is 1. The predicted molar refractivity (Wildman–Crippen MR) is 109 cm³/mol. The highest BCUT2D eigenvalue weighted by Gasteiger charge is 2.17. The van der Waals surface area contributed by atoms with Crippen molar-refractivity contribution in [2.24, 2.45) is 0 Å². The zero-order chi connectivity index (χ0) is 20.1. The summed E-state index contributed by atoms with van der Waals surface area (Å²) in [6, 6.07) is 14.9. The first kappa shape index (κ1) is 20.0. The van der Waals surface area contributed by atoms with Crippen molar-refractivity contribution in [3.63, 3.8) is 0 Å². The summed E-state index contributed by atoms with van der Waals surface area (Å²) < 4.78 is 25.3. The maximum Gasteiger partial charge on any atom is 0.251 e. The summed E-state index contributed by atoms with van der Waals surface area (Å²) in [4.78, 5) is 16.7. The van der Waals surface area contributed by atoms with Gasteiger partial charge in [-0.05, 0) is 54.4 Å². The molecule has 3 rings (SSSR count). The molecule has 1 aromatic heterocycles. The SMILES string of the molecule is Cc1ccc(S(=O)(=O)Cc2cc(Cl)cc(C(=O)NCc3cccnc3)c2)cc1. The fraction of sp³-hybridized carbons (Fsp3) is 0.143. The molecular weight excluding hydrogens is 396 g/mol. The molecule has 1 N–H and O–H groups in total. The molecule has 0 saturated carbocycles. The average Bonchev–Trinajstić information content (AvgIpc) is 2.66. The minimum atomic E-state index is -3.54. The number of aryl methyl sites for hydroxylation is 1. The van der Waals surface area contributed by atoms with Crippen LogP contribution in [0.25, 0.3) is 0 Å². The summed E-state index contributed by atoms with van der Waals surface area (Å²) in [6.07, 6.45) is 3.32. The van der Waals surface area contributed by atoms with Crippen molar-refractivity contribution in [3.05, 3.63) is 94.3 Å². The van der Waals surface area contributed by atoms with E-state index in [1.165, 1.54) is 6.07 Å². The molecule has 1 amide bonds. The predicted octanol–water partition coefficient (Wildman–Crippen LogP) is 3.95. The van der Waals surface area contributed by atoms with Gasteiger partial charge >= 0.3 is 0 Å². The number of nitrogens with one attached hydrogen (secondary N) is 1. The third kappa shape index (κ3) is 5.18. The molecule has 2 aromatic carbocycles. The molecular formula is C21H19ClN2O3S. The number of amides is 1. The lowest BCUT2D eigenvalue weighted by molar-refractivity contribution is 0.0950. The number of rotatable bonds is 6. The number of hydrogen-bond donors (Lipinski definition) is 1. The number of nitrogens with zero attached hydrogens (tertiary/aromatic N) is 1. The van der Waals surface area contributed by atoms with E-state index in [0.29, 0.717) is 22.7 Å². The molecule has 144 valence electrons. The first-order valence-corrected chi connectivity index (χ1v) is 10.6. The Kier molecular flexibility index (Phi) is 6.11. The van der Waals surface area contributed by atoms with E-state index in [0.717, 1.165) is 11.1 Å². The number of carbonyl (C=O) groups is 1. The Bertz CT molecular complexity index is 1080. The molecule has 0 aliphatic rings. The molecule has 0 atom stereocenters. The minimum absolute atomic E-state index is 0.237. The Hall–Kier alpha value is -2.70. The van der Waals surface area contributed by atoms with E-state index in [-0.39, 0.29) is 16.6 Å². The maximum atomic E-state index is 12.7. The lowest BCUT2D eigenvalue weighted by atomic mass is 10.1. The Morgan fingerprint density at radius 2 is 1.82 bits per heavy atom. The molecule has 0 aliphatic heterocycles. The topological polar surface area (TPSA) is 76.1 Å². The second kappa shape index (κ2) is 8.54. The standard InChI is InChI=1S/C21H19ClN2O3S/c1-15-4-6-20(7-5-15)28(26,27)14-17-9-18(11-19(22)10-17)21(25)24-13-16-3-2-8-23-12-16/h2-12H,13-14H2,1H3,(H,24,25). The summed E-state index contributed by atoms with van der Waals surface area (Å²) in [5.41, 5.74) is 2.61. The van der Waals surface area contributed by atoms with E-state index in [2.05, 4.69) is 10.3 Å². The maximum absolute atomic E-state index is 12.7. The van der Waals surface area contributed by atoms with Crippen LogP contribution in [-0.2, 0) is 22.1 Å². The van der Waals surface area contributed by atoms with E-state index in [1.54, 1.807) is 54.9 Å². The monoisotopic (exact) mass is 414 g/mol. The van der Waals surface area contributed by atoms with Crippen LogP contribution in [-0.4, -0.2) is 19.3 Å². The molecule has 0 saturated heterocycles. The van der Waals surface area contributed by atoms with Crippen molar-refractivity contribution in [1.29, 1.82) is 0 Å². The molecule has 0 bridgehead atoms. The Morgan fingerprint density at radius 1 is 1.07 bits per heavy atom. The van der Waals surface area contributed by atoms with Gasteiger partial charge in [-0.25, -0.2) is 8.42 Å². The van der Waals surface area contributed by atoms with Crippen molar-refractivity contribution in [3.8, 4) is 0 Å². The highest BCUT2D eigenvalue weighted by molar-refractivity contribution is 7.90. The highest BCUT2D eigenvalue weighted by Crippen LogP contribution is 2.21. The van der Waals surface area contributed by atoms with Gasteiger partial charge in [-0.2, -0.15) is 0 Å².